The average Bonchev–Trinajstić information content (AvgIpc) is 3.14. The molecule has 1 N–H and O–H groups in total. The SMILES string of the molecule is CC(=O)O[C@](C#C/C(C)=C\C(=O)O)(C(C)C)C1(C#N)CC1. The Hall–Kier alpha value is -2.27. The van der Waals surface area contributed by atoms with E-state index in [1.54, 1.807) is 6.92 Å². The van der Waals surface area contributed by atoms with Gasteiger partial charge in [0.15, 0.2) is 5.60 Å². The molecule has 1 fully saturated rings. The Morgan fingerprint density at radius 2 is 1.95 bits per heavy atom. The minimum atomic E-state index is -1.21. The Labute approximate surface area is 124 Å². The molecule has 1 aliphatic rings. The first kappa shape index (κ1) is 16.8. The molecule has 0 aromatic rings. The third kappa shape index (κ3) is 3.44. The van der Waals surface area contributed by atoms with Crippen LogP contribution >= 0.6 is 0 Å². The van der Waals surface area contributed by atoms with Gasteiger partial charge < -0.3 is 9.84 Å². The van der Waals surface area contributed by atoms with Crippen LogP contribution in [0.5, 0.6) is 0 Å². The van der Waals surface area contributed by atoms with Crippen molar-refractivity contribution in [2.75, 3.05) is 0 Å². The zero-order valence-corrected chi connectivity index (χ0v) is 12.7. The molecule has 0 spiro atoms. The summed E-state index contributed by atoms with van der Waals surface area (Å²) in [6, 6.07) is 2.23. The highest BCUT2D eigenvalue weighted by Crippen LogP contribution is 2.57. The van der Waals surface area contributed by atoms with E-state index in [-0.39, 0.29) is 5.92 Å². The van der Waals surface area contributed by atoms with Gasteiger partial charge in [-0.1, -0.05) is 19.8 Å². The fourth-order valence-electron chi connectivity index (χ4n) is 2.39. The predicted octanol–water partition coefficient (Wildman–Crippen LogP) is 2.28. The number of carbonyl (C=O) groups excluding carboxylic acids is 1. The van der Waals surface area contributed by atoms with Crippen molar-refractivity contribution >= 4 is 11.9 Å². The van der Waals surface area contributed by atoms with Crippen LogP contribution in [0.3, 0.4) is 0 Å². The topological polar surface area (TPSA) is 87.4 Å². The van der Waals surface area contributed by atoms with Crippen molar-refractivity contribution in [3.05, 3.63) is 11.6 Å². The number of hydrogen-bond acceptors (Lipinski definition) is 4. The third-order valence-corrected chi connectivity index (χ3v) is 3.58. The lowest BCUT2D eigenvalue weighted by Gasteiger charge is -2.36. The summed E-state index contributed by atoms with van der Waals surface area (Å²) in [6.45, 7) is 6.52. The smallest absolute Gasteiger partial charge is 0.329 e. The Morgan fingerprint density at radius 3 is 2.29 bits per heavy atom. The molecule has 1 aliphatic carbocycles. The Balaban J connectivity index is 3.33. The van der Waals surface area contributed by atoms with E-state index in [1.807, 2.05) is 13.8 Å². The van der Waals surface area contributed by atoms with Crippen molar-refractivity contribution < 1.29 is 19.4 Å². The van der Waals surface area contributed by atoms with Crippen LogP contribution in [0.15, 0.2) is 11.6 Å². The summed E-state index contributed by atoms with van der Waals surface area (Å²) in [7, 11) is 0. The Kier molecular flexibility index (Phi) is 4.80. The number of carbonyl (C=O) groups is 2. The lowest BCUT2D eigenvalue weighted by molar-refractivity contribution is -0.160. The molecule has 1 rings (SSSR count). The highest BCUT2D eigenvalue weighted by atomic mass is 16.6. The maximum Gasteiger partial charge on any atom is 0.329 e. The van der Waals surface area contributed by atoms with Crippen LogP contribution in [0.1, 0.15) is 40.5 Å². The summed E-state index contributed by atoms with van der Waals surface area (Å²) in [6.07, 6.45) is 2.22. The molecule has 0 saturated heterocycles. The maximum atomic E-state index is 11.5. The molecule has 0 radical (unpaired) electrons. The first-order chi connectivity index (χ1) is 9.69. The quantitative estimate of drug-likeness (QED) is 0.487. The van der Waals surface area contributed by atoms with Crippen LogP contribution in [0, 0.1) is 34.5 Å². The summed E-state index contributed by atoms with van der Waals surface area (Å²) < 4.78 is 5.46. The fourth-order valence-corrected chi connectivity index (χ4v) is 2.39. The second-order valence-corrected chi connectivity index (χ2v) is 5.59. The first-order valence-corrected chi connectivity index (χ1v) is 6.74. The molecule has 0 aromatic heterocycles. The van der Waals surface area contributed by atoms with E-state index < -0.39 is 23.0 Å². The van der Waals surface area contributed by atoms with Gasteiger partial charge in [-0.3, -0.25) is 4.79 Å². The molecule has 21 heavy (non-hydrogen) atoms. The Morgan fingerprint density at radius 1 is 1.38 bits per heavy atom. The number of nitriles is 1. The zero-order chi connectivity index (χ0) is 16.3. The minimum absolute atomic E-state index is 0.186. The van der Waals surface area contributed by atoms with Gasteiger partial charge in [0.25, 0.3) is 0 Å². The molecule has 0 bridgehead atoms. The molecule has 0 heterocycles. The van der Waals surface area contributed by atoms with Crippen LogP contribution in [0.4, 0.5) is 0 Å². The van der Waals surface area contributed by atoms with Gasteiger partial charge in [0.2, 0.25) is 0 Å². The number of esters is 1. The molecule has 1 saturated carbocycles. The van der Waals surface area contributed by atoms with Crippen LogP contribution < -0.4 is 0 Å². The van der Waals surface area contributed by atoms with Gasteiger partial charge in [-0.2, -0.15) is 5.26 Å². The lowest BCUT2D eigenvalue weighted by atomic mass is 9.76. The van der Waals surface area contributed by atoms with Gasteiger partial charge in [0.05, 0.1) is 6.07 Å². The molecule has 0 aliphatic heterocycles. The van der Waals surface area contributed by atoms with E-state index in [0.717, 1.165) is 6.08 Å². The second kappa shape index (κ2) is 6.01. The monoisotopic (exact) mass is 289 g/mol. The van der Waals surface area contributed by atoms with Gasteiger partial charge in [-0.25, -0.2) is 4.79 Å². The van der Waals surface area contributed by atoms with Gasteiger partial charge in [-0.05, 0) is 25.7 Å². The molecule has 0 unspecified atom stereocenters. The van der Waals surface area contributed by atoms with E-state index in [0.29, 0.717) is 18.4 Å². The predicted molar refractivity (Wildman–Crippen MR) is 75.8 cm³/mol. The number of rotatable bonds is 4. The van der Waals surface area contributed by atoms with Gasteiger partial charge in [-0.15, -0.1) is 0 Å². The number of aliphatic carboxylic acids is 1. The maximum absolute atomic E-state index is 11.5. The molecule has 112 valence electrons. The van der Waals surface area contributed by atoms with Gasteiger partial charge in [0.1, 0.15) is 5.41 Å². The summed E-state index contributed by atoms with van der Waals surface area (Å²) >= 11 is 0. The number of ether oxygens (including phenoxy) is 1. The van der Waals surface area contributed by atoms with E-state index in [4.69, 9.17) is 9.84 Å². The van der Waals surface area contributed by atoms with Crippen LogP contribution in [0.2, 0.25) is 0 Å². The third-order valence-electron chi connectivity index (χ3n) is 3.58. The van der Waals surface area contributed by atoms with Crippen molar-refractivity contribution in [3.63, 3.8) is 0 Å². The highest BCUT2D eigenvalue weighted by molar-refractivity contribution is 5.81. The van der Waals surface area contributed by atoms with E-state index >= 15 is 0 Å². The normalized spacial score (nSPS) is 18.8. The van der Waals surface area contributed by atoms with Crippen molar-refractivity contribution in [1.29, 1.82) is 5.26 Å². The number of nitrogens with zero attached hydrogens (tertiary/aromatic N) is 1. The second-order valence-electron chi connectivity index (χ2n) is 5.59. The largest absolute Gasteiger partial charge is 0.478 e. The van der Waals surface area contributed by atoms with Gasteiger partial charge >= 0.3 is 11.9 Å². The number of carboxylic acids is 1. The summed E-state index contributed by atoms with van der Waals surface area (Å²) in [4.78, 5) is 22.1. The summed E-state index contributed by atoms with van der Waals surface area (Å²) in [5, 5.41) is 18.2. The number of hydrogen-bond donors (Lipinski definition) is 1. The van der Waals surface area contributed by atoms with Crippen molar-refractivity contribution in [1.82, 2.24) is 0 Å². The fraction of sp³-hybridized carbons (Fsp3) is 0.562. The van der Waals surface area contributed by atoms with E-state index in [1.165, 1.54) is 6.92 Å². The standard InChI is InChI=1S/C16H19NO4/c1-11(2)16(21-13(4)18,15(10-17)7-8-15)6-5-12(3)9-14(19)20/h9,11H,7-8H2,1-4H3,(H,19,20)/b12-9-/t16-/m1/s1. The first-order valence-electron chi connectivity index (χ1n) is 6.74. The number of allylic oxidation sites excluding steroid dienone is 1. The van der Waals surface area contributed by atoms with E-state index in [9.17, 15) is 14.9 Å². The molecule has 5 nitrogen and oxygen atoms in total. The van der Waals surface area contributed by atoms with Crippen molar-refractivity contribution in [3.8, 4) is 17.9 Å². The van der Waals surface area contributed by atoms with Crippen LogP contribution in [-0.4, -0.2) is 22.6 Å². The number of carboxylic acid groups (broad SMARTS) is 1. The highest BCUT2D eigenvalue weighted by Gasteiger charge is 2.63. The molecular formula is C16H19NO4. The van der Waals surface area contributed by atoms with Crippen molar-refractivity contribution in [2.45, 2.75) is 46.1 Å². The molecular weight excluding hydrogens is 270 g/mol. The summed E-state index contributed by atoms with van der Waals surface area (Å²) in [5.74, 6) is 3.82. The average molecular weight is 289 g/mol. The molecule has 5 heteroatoms. The lowest BCUT2D eigenvalue weighted by Crippen LogP contribution is -2.47. The summed E-state index contributed by atoms with van der Waals surface area (Å²) in [5.41, 5.74) is -1.67. The molecule has 0 amide bonds. The van der Waals surface area contributed by atoms with Crippen LogP contribution in [-0.2, 0) is 14.3 Å². The zero-order valence-electron chi connectivity index (χ0n) is 12.7. The Bertz CT molecular complexity index is 582. The van der Waals surface area contributed by atoms with Gasteiger partial charge in [0, 0.05) is 24.5 Å². The van der Waals surface area contributed by atoms with E-state index in [2.05, 4.69) is 17.9 Å². The van der Waals surface area contributed by atoms with Crippen LogP contribution in [0.25, 0.3) is 0 Å². The molecule has 0 aromatic carbocycles. The molecule has 1 atom stereocenters. The van der Waals surface area contributed by atoms with Crippen molar-refractivity contribution in [2.24, 2.45) is 11.3 Å². The minimum Gasteiger partial charge on any atom is -0.478 e.